The van der Waals surface area contributed by atoms with E-state index in [9.17, 15) is 0 Å². The maximum absolute atomic E-state index is 3.34. The van der Waals surface area contributed by atoms with Crippen LogP contribution in [-0.2, 0) is 0 Å². The van der Waals surface area contributed by atoms with Gasteiger partial charge in [0.25, 0.3) is 0 Å². The zero-order valence-electron chi connectivity index (χ0n) is 3.29. The Bertz CT molecular complexity index is 27.0. The van der Waals surface area contributed by atoms with Crippen LogP contribution < -0.4 is 0 Å². The van der Waals surface area contributed by atoms with Gasteiger partial charge in [0.05, 0.1) is 3.74 Å². The minimum atomic E-state index is 0.394. The molecule has 0 rings (SSSR count). The lowest BCUT2D eigenvalue weighted by molar-refractivity contribution is 1.13. The molecule has 0 heterocycles. The Morgan fingerprint density at radius 3 is 1.33 bits per heavy atom. The molecule has 0 amide bonds. The van der Waals surface area contributed by atoms with Crippen LogP contribution in [0.3, 0.4) is 0 Å². The van der Waals surface area contributed by atoms with Gasteiger partial charge in [-0.3, -0.25) is 0 Å². The molecule has 0 N–H and O–H groups in total. The van der Waals surface area contributed by atoms with E-state index in [1.54, 1.807) is 0 Å². The zero-order chi connectivity index (χ0) is 5.15. The average molecular weight is 281 g/mol. The summed E-state index contributed by atoms with van der Waals surface area (Å²) in [6, 6.07) is 0. The third kappa shape index (κ3) is 3.62. The first-order valence-electron chi connectivity index (χ1n) is 1.57. The third-order valence-corrected chi connectivity index (χ3v) is 3.88. The molecule has 1 atom stereocenters. The summed E-state index contributed by atoms with van der Waals surface area (Å²) in [7, 11) is 0. The molecule has 0 aliphatic rings. The summed E-state index contributed by atoms with van der Waals surface area (Å²) in [5.41, 5.74) is 0. The smallest absolute Gasteiger partial charge is 0.0819 e. The summed E-state index contributed by atoms with van der Waals surface area (Å²) >= 11 is 9.96. The van der Waals surface area contributed by atoms with E-state index in [1.807, 2.05) is 0 Å². The Kier molecular flexibility index (Phi) is 4.27. The third-order valence-electron chi connectivity index (χ3n) is 0.347. The molecular weight excluding hydrogens is 276 g/mol. The van der Waals surface area contributed by atoms with Crippen molar-refractivity contribution in [3.63, 3.8) is 0 Å². The van der Waals surface area contributed by atoms with Crippen molar-refractivity contribution in [3.8, 4) is 0 Å². The Labute approximate surface area is 63.1 Å². The number of hydrogen-bond donors (Lipinski definition) is 0. The van der Waals surface area contributed by atoms with Crippen LogP contribution in [0, 0.1) is 0 Å². The van der Waals surface area contributed by atoms with Gasteiger partial charge in [0.15, 0.2) is 0 Å². The summed E-state index contributed by atoms with van der Waals surface area (Å²) in [6.07, 6.45) is 0. The second kappa shape index (κ2) is 3.44. The van der Waals surface area contributed by atoms with Gasteiger partial charge in [-0.25, -0.2) is 0 Å². The highest BCUT2D eigenvalue weighted by molar-refractivity contribution is 9.25. The highest BCUT2D eigenvalue weighted by atomic mass is 79.9. The normalized spacial score (nSPS) is 15.5. The lowest BCUT2D eigenvalue weighted by Crippen LogP contribution is -1.97. The monoisotopic (exact) mass is 278 g/mol. The molecule has 1 unspecified atom stereocenters. The average Bonchev–Trinajstić information content (AvgIpc) is 1.36. The second-order valence-corrected chi connectivity index (χ2v) is 5.66. The molecule has 38 valence electrons. The minimum absolute atomic E-state index is 0.394. The number of rotatable bonds is 1. The van der Waals surface area contributed by atoms with Gasteiger partial charge in [-0.1, -0.05) is 54.7 Å². The van der Waals surface area contributed by atoms with Crippen LogP contribution in [0.4, 0.5) is 0 Å². The fraction of sp³-hybridized carbons (Fsp3) is 1.00. The van der Waals surface area contributed by atoms with E-state index in [0.717, 1.165) is 0 Å². The lowest BCUT2D eigenvalue weighted by atomic mass is 10.6. The molecule has 0 aliphatic carbocycles. The van der Waals surface area contributed by atoms with E-state index in [1.165, 1.54) is 0 Å². The number of hydrogen-bond acceptors (Lipinski definition) is 0. The maximum atomic E-state index is 3.34. The van der Waals surface area contributed by atoms with Gasteiger partial charge in [-0.2, -0.15) is 0 Å². The van der Waals surface area contributed by atoms with Crippen molar-refractivity contribution in [2.45, 2.75) is 15.5 Å². The van der Waals surface area contributed by atoms with Gasteiger partial charge in [-0.15, -0.1) is 0 Å². The number of alkyl halides is 3. The Balaban J connectivity index is 2.99. The van der Waals surface area contributed by atoms with E-state index in [-0.39, 0.29) is 0 Å². The summed E-state index contributed by atoms with van der Waals surface area (Å²) in [4.78, 5) is 0.498. The summed E-state index contributed by atoms with van der Waals surface area (Å²) < 4.78 is 0.394. The maximum Gasteiger partial charge on any atom is 0.0819 e. The predicted molar refractivity (Wildman–Crippen MR) is 40.0 cm³/mol. The molecule has 0 radical (unpaired) electrons. The second-order valence-electron chi connectivity index (χ2n) is 1.01. The van der Waals surface area contributed by atoms with Gasteiger partial charge in [0, 0.05) is 4.83 Å². The fourth-order valence-corrected chi connectivity index (χ4v) is 0. The Hall–Kier alpha value is 1.44. The van der Waals surface area contributed by atoms with Gasteiger partial charge in [0.1, 0.15) is 0 Å². The zero-order valence-corrected chi connectivity index (χ0v) is 8.05. The van der Waals surface area contributed by atoms with E-state index >= 15 is 0 Å². The van der Waals surface area contributed by atoms with E-state index in [2.05, 4.69) is 54.7 Å². The van der Waals surface area contributed by atoms with E-state index < -0.39 is 0 Å². The molecule has 0 aromatic heterocycles. The molecule has 0 aromatic rings. The van der Waals surface area contributed by atoms with E-state index in [4.69, 9.17) is 0 Å². The van der Waals surface area contributed by atoms with Gasteiger partial charge in [-0.05, 0) is 0 Å². The molecule has 0 aromatic carbocycles. The summed E-state index contributed by atoms with van der Waals surface area (Å²) in [6.45, 7) is 2.06. The molecule has 0 fully saturated rings. The van der Waals surface area contributed by atoms with Crippen molar-refractivity contribution in [1.82, 2.24) is 0 Å². The highest BCUT2D eigenvalue weighted by Gasteiger charge is 2.02. The molecule has 3 heteroatoms. The van der Waals surface area contributed by atoms with Crippen molar-refractivity contribution in [1.29, 1.82) is 0 Å². The van der Waals surface area contributed by atoms with Crippen LogP contribution in [0.1, 0.15) is 6.92 Å². The van der Waals surface area contributed by atoms with Gasteiger partial charge >= 0.3 is 0 Å². The first-order chi connectivity index (χ1) is 2.64. The molecule has 0 bridgehead atoms. The largest absolute Gasteiger partial charge is 0.0872 e. The standard InChI is InChI=1S/C3H5Br3/c1-2(4)3(5)6/h2-3H,1H3. The predicted octanol–water partition coefficient (Wildman–Crippen LogP) is 2.89. The quantitative estimate of drug-likeness (QED) is 0.648. The molecule has 0 aliphatic heterocycles. The van der Waals surface area contributed by atoms with Crippen LogP contribution in [-0.4, -0.2) is 8.56 Å². The van der Waals surface area contributed by atoms with Crippen molar-refractivity contribution in [2.75, 3.05) is 0 Å². The highest BCUT2D eigenvalue weighted by Crippen LogP contribution is 2.18. The van der Waals surface area contributed by atoms with Gasteiger partial charge in [0.2, 0.25) is 0 Å². The van der Waals surface area contributed by atoms with Crippen molar-refractivity contribution in [2.24, 2.45) is 0 Å². The fourth-order valence-electron chi connectivity index (χ4n) is 0. The molecule has 0 spiro atoms. The molecular formula is C3H5Br3. The van der Waals surface area contributed by atoms with Crippen LogP contribution in [0.5, 0.6) is 0 Å². The number of halogens is 3. The molecule has 0 saturated carbocycles. The molecule has 0 nitrogen and oxygen atoms in total. The lowest BCUT2D eigenvalue weighted by Gasteiger charge is -1.99. The van der Waals surface area contributed by atoms with Gasteiger partial charge < -0.3 is 0 Å². The first-order valence-corrected chi connectivity index (χ1v) is 4.31. The Morgan fingerprint density at radius 2 is 1.33 bits per heavy atom. The van der Waals surface area contributed by atoms with E-state index in [0.29, 0.717) is 8.56 Å². The summed E-state index contributed by atoms with van der Waals surface area (Å²) in [5.74, 6) is 0. The first kappa shape index (κ1) is 7.44. The summed E-state index contributed by atoms with van der Waals surface area (Å²) in [5, 5.41) is 0. The van der Waals surface area contributed by atoms with Crippen LogP contribution in [0.2, 0.25) is 0 Å². The SMILES string of the molecule is CC(Br)C(Br)Br. The van der Waals surface area contributed by atoms with Crippen LogP contribution >= 0.6 is 47.8 Å². The van der Waals surface area contributed by atoms with Crippen molar-refractivity contribution < 1.29 is 0 Å². The topological polar surface area (TPSA) is 0 Å². The van der Waals surface area contributed by atoms with Crippen molar-refractivity contribution in [3.05, 3.63) is 0 Å². The minimum Gasteiger partial charge on any atom is -0.0872 e. The van der Waals surface area contributed by atoms with Crippen LogP contribution in [0.15, 0.2) is 0 Å². The molecule has 6 heavy (non-hydrogen) atoms. The Morgan fingerprint density at radius 1 is 1.17 bits per heavy atom. The molecule has 0 saturated heterocycles. The van der Waals surface area contributed by atoms with Crippen LogP contribution in [0.25, 0.3) is 0 Å². The van der Waals surface area contributed by atoms with Crippen molar-refractivity contribution >= 4 is 47.8 Å².